The third-order valence-electron chi connectivity index (χ3n) is 4.46. The number of rotatable bonds is 6. The predicted molar refractivity (Wildman–Crippen MR) is 105 cm³/mol. The zero-order valence-electron chi connectivity index (χ0n) is 16.0. The molecule has 0 aliphatic rings. The quantitative estimate of drug-likeness (QED) is 0.685. The number of hydrogen-bond donors (Lipinski definition) is 1. The summed E-state index contributed by atoms with van der Waals surface area (Å²) in [4.78, 5) is 27.2. The zero-order valence-corrected chi connectivity index (χ0v) is 16.0. The molecule has 29 heavy (non-hydrogen) atoms. The number of carbonyl (C=O) groups excluding carboxylic acids is 2. The summed E-state index contributed by atoms with van der Waals surface area (Å²) in [5.74, 6) is -2.79. The lowest BCUT2D eigenvalue weighted by atomic mass is 10.2. The van der Waals surface area contributed by atoms with Crippen LogP contribution in [-0.2, 0) is 0 Å². The fraction of sp³-hybridized carbons (Fsp3) is 0.190. The number of anilines is 1. The molecule has 0 unspecified atom stereocenters. The first-order chi connectivity index (χ1) is 14.0. The van der Waals surface area contributed by atoms with Crippen molar-refractivity contribution in [3.05, 3.63) is 77.5 Å². The number of halogens is 2. The monoisotopic (exact) mass is 398 g/mol. The first-order valence-electron chi connectivity index (χ1n) is 9.15. The highest BCUT2D eigenvalue weighted by atomic mass is 19.1. The van der Waals surface area contributed by atoms with E-state index < -0.39 is 17.5 Å². The van der Waals surface area contributed by atoms with Crippen LogP contribution >= 0.6 is 0 Å². The van der Waals surface area contributed by atoms with E-state index in [9.17, 15) is 18.4 Å². The molecule has 0 spiro atoms. The number of carbonyl (C=O) groups is 2. The van der Waals surface area contributed by atoms with Gasteiger partial charge in [-0.15, -0.1) is 0 Å². The van der Waals surface area contributed by atoms with Gasteiger partial charge in [0.1, 0.15) is 23.0 Å². The largest absolute Gasteiger partial charge is 0.339 e. The van der Waals surface area contributed by atoms with E-state index in [1.807, 2.05) is 19.9 Å². The minimum Gasteiger partial charge on any atom is -0.339 e. The molecule has 0 fully saturated rings. The molecule has 1 N–H and O–H groups in total. The Kier molecular flexibility index (Phi) is 6.01. The van der Waals surface area contributed by atoms with Gasteiger partial charge in [0.05, 0.1) is 17.4 Å². The molecule has 0 aliphatic heterocycles. The fourth-order valence-corrected chi connectivity index (χ4v) is 2.92. The van der Waals surface area contributed by atoms with Crippen LogP contribution in [0.25, 0.3) is 5.69 Å². The van der Waals surface area contributed by atoms with E-state index in [2.05, 4.69) is 10.4 Å². The van der Waals surface area contributed by atoms with Crippen LogP contribution < -0.4 is 5.32 Å². The third kappa shape index (κ3) is 4.16. The molecular weight excluding hydrogens is 378 g/mol. The van der Waals surface area contributed by atoms with Crippen molar-refractivity contribution in [3.63, 3.8) is 0 Å². The van der Waals surface area contributed by atoms with Gasteiger partial charge in [-0.3, -0.25) is 9.59 Å². The molecule has 0 saturated heterocycles. The van der Waals surface area contributed by atoms with Gasteiger partial charge in [-0.25, -0.2) is 13.5 Å². The van der Waals surface area contributed by atoms with Crippen molar-refractivity contribution in [2.24, 2.45) is 0 Å². The summed E-state index contributed by atoms with van der Waals surface area (Å²) in [5, 5.41) is 6.81. The second-order valence-electron chi connectivity index (χ2n) is 6.21. The fourth-order valence-electron chi connectivity index (χ4n) is 2.92. The maximum absolute atomic E-state index is 14.1. The lowest BCUT2D eigenvalue weighted by molar-refractivity contribution is 0.0774. The van der Waals surface area contributed by atoms with Crippen molar-refractivity contribution < 1.29 is 18.4 Å². The molecule has 0 radical (unpaired) electrons. The molecule has 2 aromatic carbocycles. The second kappa shape index (κ2) is 8.64. The van der Waals surface area contributed by atoms with Gasteiger partial charge in [-0.1, -0.05) is 18.2 Å². The Morgan fingerprint density at radius 3 is 2.34 bits per heavy atom. The van der Waals surface area contributed by atoms with Gasteiger partial charge in [-0.2, -0.15) is 5.10 Å². The highest BCUT2D eigenvalue weighted by Crippen LogP contribution is 2.23. The highest BCUT2D eigenvalue weighted by molar-refractivity contribution is 6.08. The number of benzene rings is 2. The van der Waals surface area contributed by atoms with Gasteiger partial charge in [0.25, 0.3) is 11.8 Å². The van der Waals surface area contributed by atoms with Crippen LogP contribution in [-0.4, -0.2) is 39.6 Å². The van der Waals surface area contributed by atoms with Crippen molar-refractivity contribution in [1.29, 1.82) is 0 Å². The van der Waals surface area contributed by atoms with Crippen LogP contribution in [0.2, 0.25) is 0 Å². The van der Waals surface area contributed by atoms with Gasteiger partial charge in [0.2, 0.25) is 0 Å². The number of aromatic nitrogens is 2. The topological polar surface area (TPSA) is 67.2 Å². The minimum atomic E-state index is -0.995. The maximum atomic E-state index is 14.1. The number of para-hydroxylation sites is 1. The van der Waals surface area contributed by atoms with Gasteiger partial charge < -0.3 is 10.2 Å². The predicted octanol–water partition coefficient (Wildman–Crippen LogP) is 3.88. The Labute approximate surface area is 166 Å². The SMILES string of the molecule is CCN(CC)C(=O)c1cnn(-c2ccccc2)c1NC(=O)c1ccc(F)cc1F. The van der Waals surface area contributed by atoms with E-state index in [0.29, 0.717) is 24.8 Å². The Bertz CT molecular complexity index is 1030. The lowest BCUT2D eigenvalue weighted by Crippen LogP contribution is -2.31. The average molecular weight is 398 g/mol. The molecule has 0 bridgehead atoms. The molecular formula is C21H20F2N4O2. The first kappa shape index (κ1) is 20.2. The van der Waals surface area contributed by atoms with Crippen LogP contribution in [0, 0.1) is 11.6 Å². The third-order valence-corrected chi connectivity index (χ3v) is 4.46. The summed E-state index contributed by atoms with van der Waals surface area (Å²) in [6.45, 7) is 4.64. The first-order valence-corrected chi connectivity index (χ1v) is 9.15. The molecule has 3 rings (SSSR count). The molecule has 0 atom stereocenters. The van der Waals surface area contributed by atoms with Gasteiger partial charge in [0, 0.05) is 19.2 Å². The van der Waals surface area contributed by atoms with E-state index in [4.69, 9.17) is 0 Å². The Balaban J connectivity index is 2.05. The van der Waals surface area contributed by atoms with E-state index in [1.54, 1.807) is 29.2 Å². The van der Waals surface area contributed by atoms with Crippen molar-refractivity contribution in [2.45, 2.75) is 13.8 Å². The average Bonchev–Trinajstić information content (AvgIpc) is 3.12. The summed E-state index contributed by atoms with van der Waals surface area (Å²) >= 11 is 0. The number of nitrogens with zero attached hydrogens (tertiary/aromatic N) is 3. The van der Waals surface area contributed by atoms with E-state index in [-0.39, 0.29) is 22.9 Å². The van der Waals surface area contributed by atoms with Gasteiger partial charge in [0.15, 0.2) is 0 Å². The molecule has 1 heterocycles. The molecule has 0 saturated carbocycles. The molecule has 1 aromatic heterocycles. The summed E-state index contributed by atoms with van der Waals surface area (Å²) < 4.78 is 28.6. The number of hydrogen-bond acceptors (Lipinski definition) is 3. The summed E-state index contributed by atoms with van der Waals surface area (Å²) in [6.07, 6.45) is 1.37. The molecule has 3 aromatic rings. The van der Waals surface area contributed by atoms with Crippen molar-refractivity contribution in [1.82, 2.24) is 14.7 Å². The van der Waals surface area contributed by atoms with E-state index in [0.717, 1.165) is 12.1 Å². The van der Waals surface area contributed by atoms with Gasteiger partial charge >= 0.3 is 0 Å². The van der Waals surface area contributed by atoms with Crippen molar-refractivity contribution in [2.75, 3.05) is 18.4 Å². The van der Waals surface area contributed by atoms with E-state index in [1.165, 1.54) is 10.9 Å². The Morgan fingerprint density at radius 1 is 1.03 bits per heavy atom. The highest BCUT2D eigenvalue weighted by Gasteiger charge is 2.24. The molecule has 6 nitrogen and oxygen atoms in total. The van der Waals surface area contributed by atoms with Crippen LogP contribution in [0.15, 0.2) is 54.7 Å². The smallest absolute Gasteiger partial charge is 0.259 e. The summed E-state index contributed by atoms with van der Waals surface area (Å²) in [6, 6.07) is 11.6. The second-order valence-corrected chi connectivity index (χ2v) is 6.21. The van der Waals surface area contributed by atoms with Crippen LogP contribution in [0.3, 0.4) is 0 Å². The van der Waals surface area contributed by atoms with Crippen LogP contribution in [0.4, 0.5) is 14.6 Å². The number of nitrogens with one attached hydrogen (secondary N) is 1. The van der Waals surface area contributed by atoms with Crippen molar-refractivity contribution in [3.8, 4) is 5.69 Å². The lowest BCUT2D eigenvalue weighted by Gasteiger charge is -2.19. The zero-order chi connectivity index (χ0) is 21.0. The Morgan fingerprint density at radius 2 is 1.72 bits per heavy atom. The van der Waals surface area contributed by atoms with Crippen molar-refractivity contribution >= 4 is 17.6 Å². The maximum Gasteiger partial charge on any atom is 0.259 e. The summed E-state index contributed by atoms with van der Waals surface area (Å²) in [5.41, 5.74) is 0.447. The number of amides is 2. The van der Waals surface area contributed by atoms with E-state index >= 15 is 0 Å². The minimum absolute atomic E-state index is 0.113. The normalized spacial score (nSPS) is 10.6. The van der Waals surface area contributed by atoms with Gasteiger partial charge in [-0.05, 0) is 38.1 Å². The van der Waals surface area contributed by atoms with Crippen LogP contribution in [0.1, 0.15) is 34.6 Å². The summed E-state index contributed by atoms with van der Waals surface area (Å²) in [7, 11) is 0. The molecule has 2 amide bonds. The molecule has 8 heteroatoms. The standard InChI is InChI=1S/C21H20F2N4O2/c1-3-26(4-2)21(29)17-13-24-27(15-8-6-5-7-9-15)19(17)25-20(28)16-11-10-14(22)12-18(16)23/h5-13H,3-4H2,1-2H3,(H,25,28). The molecule has 0 aliphatic carbocycles. The van der Waals surface area contributed by atoms with Crippen LogP contribution in [0.5, 0.6) is 0 Å². The Hall–Kier alpha value is -3.55. The molecule has 150 valence electrons.